The molecule has 2 heterocycles. The van der Waals surface area contributed by atoms with Crippen molar-refractivity contribution in [2.45, 2.75) is 16.7 Å². The molecule has 2 aliphatic heterocycles. The lowest BCUT2D eigenvalue weighted by Crippen LogP contribution is -2.27. The maximum absolute atomic E-state index is 13.2. The van der Waals surface area contributed by atoms with Crippen molar-refractivity contribution in [3.63, 3.8) is 0 Å². The third-order valence-corrected chi connectivity index (χ3v) is 5.60. The highest BCUT2D eigenvalue weighted by atomic mass is 32.2. The number of para-hydroxylation sites is 2. The number of aryl methyl sites for hydroxylation is 1. The second kappa shape index (κ2) is 5.33. The Balaban J connectivity index is 1.72. The van der Waals surface area contributed by atoms with Crippen LogP contribution in [0.25, 0.3) is 0 Å². The molecule has 0 aromatic heterocycles. The average Bonchev–Trinajstić information content (AvgIpc) is 2.92. The number of aliphatic imine (C=N–C) groups is 1. The van der Waals surface area contributed by atoms with Crippen LogP contribution in [0.15, 0.2) is 81.5 Å². The van der Waals surface area contributed by atoms with Crippen LogP contribution in [-0.2, 0) is 4.79 Å². The third kappa shape index (κ3) is 2.14. The predicted octanol–water partition coefficient (Wildman–Crippen LogP) is 5.26. The van der Waals surface area contributed by atoms with Crippen molar-refractivity contribution < 1.29 is 4.79 Å². The van der Waals surface area contributed by atoms with Crippen molar-refractivity contribution >= 4 is 40.4 Å². The zero-order chi connectivity index (χ0) is 17.0. The molecule has 0 spiro atoms. The summed E-state index contributed by atoms with van der Waals surface area (Å²) in [6.45, 7) is 2.04. The molecular formula is C21H14N2OS. The Morgan fingerprint density at radius 3 is 2.48 bits per heavy atom. The van der Waals surface area contributed by atoms with Gasteiger partial charge in [0.05, 0.1) is 17.1 Å². The molecule has 4 heteroatoms. The van der Waals surface area contributed by atoms with Gasteiger partial charge in [-0.2, -0.15) is 0 Å². The molecule has 1 amide bonds. The Morgan fingerprint density at radius 1 is 0.880 bits per heavy atom. The van der Waals surface area contributed by atoms with Crippen LogP contribution in [0.2, 0.25) is 0 Å². The fraction of sp³-hybridized carbons (Fsp3) is 0.0476. The lowest BCUT2D eigenvalue weighted by atomic mass is 10.1. The van der Waals surface area contributed by atoms with Gasteiger partial charge < -0.3 is 0 Å². The van der Waals surface area contributed by atoms with Crippen LogP contribution in [0.5, 0.6) is 0 Å². The number of carbonyl (C=O) groups is 1. The van der Waals surface area contributed by atoms with E-state index in [1.807, 2.05) is 66.4 Å². The summed E-state index contributed by atoms with van der Waals surface area (Å²) in [4.78, 5) is 21.9. The van der Waals surface area contributed by atoms with E-state index >= 15 is 0 Å². The standard InChI is InChI=1S/C21H14N2OS/c1-13-9-11-14(12-10-13)22-19-15-5-4-8-18-20(15)23(21(19)24)16-6-2-3-7-17(16)25-18/h2-12H,1H3. The molecule has 3 aromatic carbocycles. The van der Waals surface area contributed by atoms with Crippen LogP contribution in [0.1, 0.15) is 11.1 Å². The first kappa shape index (κ1) is 14.5. The summed E-state index contributed by atoms with van der Waals surface area (Å²) < 4.78 is 0. The molecule has 0 unspecified atom stereocenters. The van der Waals surface area contributed by atoms with Crippen LogP contribution in [0, 0.1) is 6.92 Å². The second-order valence-electron chi connectivity index (χ2n) is 6.16. The number of fused-ring (bicyclic) bond motifs is 2. The molecule has 2 aliphatic rings. The van der Waals surface area contributed by atoms with E-state index in [1.165, 1.54) is 5.56 Å². The molecule has 0 saturated heterocycles. The molecule has 3 aromatic rings. The SMILES string of the molecule is Cc1ccc(N=C2C(=O)N3c4ccccc4Sc4cccc2c43)cc1. The van der Waals surface area contributed by atoms with E-state index in [0.29, 0.717) is 5.71 Å². The van der Waals surface area contributed by atoms with Crippen LogP contribution in [-0.4, -0.2) is 11.6 Å². The number of amides is 1. The largest absolute Gasteiger partial charge is 0.282 e. The maximum Gasteiger partial charge on any atom is 0.282 e. The topological polar surface area (TPSA) is 32.7 Å². The molecule has 0 N–H and O–H groups in total. The third-order valence-electron chi connectivity index (χ3n) is 4.48. The van der Waals surface area contributed by atoms with Crippen molar-refractivity contribution in [2.75, 3.05) is 4.90 Å². The molecule has 5 rings (SSSR count). The predicted molar refractivity (Wildman–Crippen MR) is 102 cm³/mol. The minimum atomic E-state index is -0.0595. The van der Waals surface area contributed by atoms with Crippen molar-refractivity contribution in [2.24, 2.45) is 4.99 Å². The van der Waals surface area contributed by atoms with Gasteiger partial charge in [0, 0.05) is 15.4 Å². The number of carbonyl (C=O) groups excluding carboxylic acids is 1. The van der Waals surface area contributed by atoms with E-state index in [2.05, 4.69) is 17.1 Å². The quantitative estimate of drug-likeness (QED) is 0.604. The Morgan fingerprint density at radius 2 is 1.64 bits per heavy atom. The zero-order valence-corrected chi connectivity index (χ0v) is 14.4. The van der Waals surface area contributed by atoms with Gasteiger partial charge in [-0.25, -0.2) is 4.99 Å². The fourth-order valence-electron chi connectivity index (χ4n) is 3.28. The summed E-state index contributed by atoms with van der Waals surface area (Å²) in [5.41, 5.74) is 5.29. The number of nitrogens with zero attached hydrogens (tertiary/aromatic N) is 2. The maximum atomic E-state index is 13.2. The van der Waals surface area contributed by atoms with Gasteiger partial charge in [0.2, 0.25) is 0 Å². The minimum Gasteiger partial charge on any atom is -0.273 e. The molecular weight excluding hydrogens is 328 g/mol. The van der Waals surface area contributed by atoms with Crippen molar-refractivity contribution in [1.29, 1.82) is 0 Å². The number of rotatable bonds is 1. The number of benzene rings is 3. The first-order chi connectivity index (χ1) is 12.2. The highest BCUT2D eigenvalue weighted by molar-refractivity contribution is 7.99. The molecule has 0 saturated carbocycles. The monoisotopic (exact) mass is 342 g/mol. The van der Waals surface area contributed by atoms with Crippen LogP contribution in [0.4, 0.5) is 17.1 Å². The summed E-state index contributed by atoms with van der Waals surface area (Å²) in [6.07, 6.45) is 0. The van der Waals surface area contributed by atoms with Gasteiger partial charge in [0.25, 0.3) is 5.91 Å². The van der Waals surface area contributed by atoms with E-state index in [0.717, 1.165) is 32.4 Å². The van der Waals surface area contributed by atoms with Crippen molar-refractivity contribution in [3.05, 3.63) is 77.9 Å². The van der Waals surface area contributed by atoms with Gasteiger partial charge in [-0.1, -0.05) is 53.7 Å². The molecule has 120 valence electrons. The molecule has 25 heavy (non-hydrogen) atoms. The Bertz CT molecular complexity index is 1050. The van der Waals surface area contributed by atoms with Crippen molar-refractivity contribution in [1.82, 2.24) is 0 Å². The highest BCUT2D eigenvalue weighted by Crippen LogP contribution is 2.52. The first-order valence-electron chi connectivity index (χ1n) is 8.12. The Kier molecular flexibility index (Phi) is 3.09. The normalized spacial score (nSPS) is 16.1. The Hall–Kier alpha value is -2.85. The van der Waals surface area contributed by atoms with Gasteiger partial charge in [0.1, 0.15) is 5.71 Å². The van der Waals surface area contributed by atoms with Crippen molar-refractivity contribution in [3.8, 4) is 0 Å². The van der Waals surface area contributed by atoms with E-state index in [-0.39, 0.29) is 5.91 Å². The number of anilines is 2. The molecule has 0 atom stereocenters. The summed E-state index contributed by atoms with van der Waals surface area (Å²) in [5.74, 6) is -0.0595. The zero-order valence-electron chi connectivity index (χ0n) is 13.6. The van der Waals surface area contributed by atoms with E-state index in [9.17, 15) is 4.79 Å². The molecule has 0 bridgehead atoms. The summed E-state index contributed by atoms with van der Waals surface area (Å²) in [6, 6.07) is 22.0. The van der Waals surface area contributed by atoms with E-state index in [1.54, 1.807) is 11.8 Å². The second-order valence-corrected chi connectivity index (χ2v) is 7.24. The highest BCUT2D eigenvalue weighted by Gasteiger charge is 2.40. The first-order valence-corrected chi connectivity index (χ1v) is 8.94. The molecule has 0 fully saturated rings. The lowest BCUT2D eigenvalue weighted by Gasteiger charge is -2.26. The van der Waals surface area contributed by atoms with Gasteiger partial charge in [-0.15, -0.1) is 0 Å². The molecule has 3 nitrogen and oxygen atoms in total. The minimum absolute atomic E-state index is 0.0595. The van der Waals surface area contributed by atoms with E-state index < -0.39 is 0 Å². The fourth-order valence-corrected chi connectivity index (χ4v) is 4.37. The average molecular weight is 342 g/mol. The lowest BCUT2D eigenvalue weighted by molar-refractivity contribution is -0.111. The number of hydrogen-bond acceptors (Lipinski definition) is 3. The van der Waals surface area contributed by atoms with E-state index in [4.69, 9.17) is 0 Å². The summed E-state index contributed by atoms with van der Waals surface area (Å²) in [7, 11) is 0. The van der Waals surface area contributed by atoms with Crippen LogP contribution >= 0.6 is 11.8 Å². The van der Waals surface area contributed by atoms with Crippen LogP contribution < -0.4 is 4.90 Å². The Labute approximate surface area is 150 Å². The molecule has 0 aliphatic carbocycles. The van der Waals surface area contributed by atoms with Gasteiger partial charge >= 0.3 is 0 Å². The molecule has 0 radical (unpaired) electrons. The van der Waals surface area contributed by atoms with Gasteiger partial charge in [-0.3, -0.25) is 9.69 Å². The van der Waals surface area contributed by atoms with Gasteiger partial charge in [0.15, 0.2) is 0 Å². The summed E-state index contributed by atoms with van der Waals surface area (Å²) >= 11 is 1.70. The van der Waals surface area contributed by atoms with Gasteiger partial charge in [-0.05, 0) is 37.3 Å². The summed E-state index contributed by atoms with van der Waals surface area (Å²) in [5, 5.41) is 0. The van der Waals surface area contributed by atoms with Crippen LogP contribution in [0.3, 0.4) is 0 Å². The smallest absolute Gasteiger partial charge is 0.273 e. The number of hydrogen-bond donors (Lipinski definition) is 0.